The highest BCUT2D eigenvalue weighted by Crippen LogP contribution is 2.50. The lowest BCUT2D eigenvalue weighted by Crippen LogP contribution is -2.16. The lowest BCUT2D eigenvalue weighted by atomic mass is 9.86. The number of benzene rings is 5. The summed E-state index contributed by atoms with van der Waals surface area (Å²) in [6.07, 6.45) is 0.964. The molecule has 0 atom stereocenters. The van der Waals surface area contributed by atoms with Crippen LogP contribution in [0.2, 0.25) is 10.0 Å². The number of hydrogen-bond acceptors (Lipinski definition) is 3. The Morgan fingerprint density at radius 1 is 0.529 bits per heavy atom. The summed E-state index contributed by atoms with van der Waals surface area (Å²) in [5.41, 5.74) is 10.8. The number of halogens is 2. The summed E-state index contributed by atoms with van der Waals surface area (Å²) in [6.45, 7) is 22.4. The molecule has 0 N–H and O–H groups in total. The van der Waals surface area contributed by atoms with E-state index in [0.29, 0.717) is 10.0 Å². The van der Waals surface area contributed by atoms with Crippen molar-refractivity contribution in [2.45, 2.75) is 91.9 Å². The SMILES string of the molecule is CCc1ccc(N(c2ccc(C(C)(C)C)cc2Cl)c2cccc(N(c3ccc(C(C)(C)C)cc3)c3csc4ccc(C(C)(C)C)cc34)c2Cl)cc1. The Kier molecular flexibility index (Phi) is 10.2. The molecule has 0 bridgehead atoms. The number of anilines is 6. The van der Waals surface area contributed by atoms with Crippen molar-refractivity contribution >= 4 is 78.7 Å². The number of aryl methyl sites for hydroxylation is 1. The van der Waals surface area contributed by atoms with Crippen LogP contribution >= 0.6 is 34.5 Å². The second kappa shape index (κ2) is 14.0. The number of fused-ring (bicyclic) bond motifs is 1. The lowest BCUT2D eigenvalue weighted by Gasteiger charge is -2.32. The standard InChI is InChI=1S/C46H50Cl2N2S/c1-11-30-15-21-34(22-16-30)49(38-25-19-33(28-37(38)47)46(8,9)10)39-13-12-14-40(43(39)48)50(35-23-17-31(18-24-35)44(2,3)4)41-29-51-42-26-20-32(27-36(41)42)45(5,6)7/h12-29H,11H2,1-10H3. The van der Waals surface area contributed by atoms with Gasteiger partial charge in [0.25, 0.3) is 0 Å². The number of rotatable bonds is 7. The van der Waals surface area contributed by atoms with Crippen molar-refractivity contribution in [3.63, 3.8) is 0 Å². The largest absolute Gasteiger partial charge is 0.307 e. The second-order valence-electron chi connectivity index (χ2n) is 16.6. The summed E-state index contributed by atoms with van der Waals surface area (Å²) in [6, 6.07) is 37.2. The Morgan fingerprint density at radius 3 is 1.55 bits per heavy atom. The van der Waals surface area contributed by atoms with E-state index in [1.165, 1.54) is 32.3 Å². The van der Waals surface area contributed by atoms with Crippen molar-refractivity contribution in [2.24, 2.45) is 0 Å². The predicted octanol–water partition coefficient (Wildman–Crippen LogP) is 15.6. The van der Waals surface area contributed by atoms with Crippen LogP contribution in [0, 0.1) is 0 Å². The molecular formula is C46H50Cl2N2S. The van der Waals surface area contributed by atoms with Crippen molar-refractivity contribution in [1.29, 1.82) is 0 Å². The molecule has 2 nitrogen and oxygen atoms in total. The van der Waals surface area contributed by atoms with Gasteiger partial charge in [0.15, 0.2) is 0 Å². The first-order valence-corrected chi connectivity index (χ1v) is 19.5. The molecule has 264 valence electrons. The molecular weight excluding hydrogens is 683 g/mol. The van der Waals surface area contributed by atoms with E-state index in [-0.39, 0.29) is 16.2 Å². The van der Waals surface area contributed by atoms with Crippen LogP contribution in [0.5, 0.6) is 0 Å². The molecule has 6 aromatic rings. The van der Waals surface area contributed by atoms with Gasteiger partial charge in [-0.3, -0.25) is 0 Å². The average Bonchev–Trinajstić information content (AvgIpc) is 3.49. The normalized spacial score (nSPS) is 12.4. The third-order valence-corrected chi connectivity index (χ3v) is 11.4. The van der Waals surface area contributed by atoms with Crippen LogP contribution in [0.25, 0.3) is 10.1 Å². The highest BCUT2D eigenvalue weighted by molar-refractivity contribution is 7.17. The maximum absolute atomic E-state index is 7.72. The van der Waals surface area contributed by atoms with E-state index >= 15 is 0 Å². The summed E-state index contributed by atoms with van der Waals surface area (Å²) in [4.78, 5) is 4.52. The molecule has 0 fully saturated rings. The summed E-state index contributed by atoms with van der Waals surface area (Å²) >= 11 is 16.7. The van der Waals surface area contributed by atoms with Gasteiger partial charge in [-0.25, -0.2) is 0 Å². The molecule has 0 radical (unpaired) electrons. The molecule has 5 heteroatoms. The number of thiophene rings is 1. The van der Waals surface area contributed by atoms with Gasteiger partial charge in [0.1, 0.15) is 0 Å². The smallest absolute Gasteiger partial charge is 0.0887 e. The Labute approximate surface area is 319 Å². The summed E-state index contributed by atoms with van der Waals surface area (Å²) in [5.74, 6) is 0. The van der Waals surface area contributed by atoms with E-state index in [9.17, 15) is 0 Å². The molecule has 6 rings (SSSR count). The molecule has 0 saturated carbocycles. The molecule has 0 aliphatic carbocycles. The van der Waals surface area contributed by atoms with Gasteiger partial charge in [-0.05, 0) is 106 Å². The van der Waals surface area contributed by atoms with Crippen LogP contribution in [0.1, 0.15) is 91.5 Å². The first kappa shape index (κ1) is 37.0. The Hall–Kier alpha value is -3.76. The summed E-state index contributed by atoms with van der Waals surface area (Å²) in [7, 11) is 0. The van der Waals surface area contributed by atoms with Crippen LogP contribution in [0.3, 0.4) is 0 Å². The third kappa shape index (κ3) is 7.58. The lowest BCUT2D eigenvalue weighted by molar-refractivity contribution is 0.590. The van der Waals surface area contributed by atoms with Crippen molar-refractivity contribution in [3.05, 3.63) is 141 Å². The third-order valence-electron chi connectivity index (χ3n) is 9.75. The van der Waals surface area contributed by atoms with Gasteiger partial charge in [0.05, 0.1) is 32.8 Å². The van der Waals surface area contributed by atoms with Crippen LogP contribution in [-0.2, 0) is 22.7 Å². The van der Waals surface area contributed by atoms with Crippen molar-refractivity contribution in [3.8, 4) is 0 Å². The van der Waals surface area contributed by atoms with Crippen molar-refractivity contribution < 1.29 is 0 Å². The minimum atomic E-state index is -0.0352. The molecule has 0 aliphatic heterocycles. The van der Waals surface area contributed by atoms with E-state index in [1.807, 2.05) is 0 Å². The highest BCUT2D eigenvalue weighted by atomic mass is 35.5. The number of hydrogen-bond donors (Lipinski definition) is 0. The maximum atomic E-state index is 7.72. The van der Waals surface area contributed by atoms with E-state index < -0.39 is 0 Å². The van der Waals surface area contributed by atoms with Gasteiger partial charge in [-0.2, -0.15) is 0 Å². The van der Waals surface area contributed by atoms with Crippen molar-refractivity contribution in [1.82, 2.24) is 0 Å². The monoisotopic (exact) mass is 732 g/mol. The van der Waals surface area contributed by atoms with Crippen LogP contribution in [0.15, 0.2) is 109 Å². The fourth-order valence-electron chi connectivity index (χ4n) is 6.47. The molecule has 0 spiro atoms. The molecule has 1 heterocycles. The first-order chi connectivity index (χ1) is 24.0. The zero-order valence-electron chi connectivity index (χ0n) is 31.7. The fourth-order valence-corrected chi connectivity index (χ4v) is 7.94. The summed E-state index contributed by atoms with van der Waals surface area (Å²) in [5, 5.41) is 4.79. The molecule has 0 unspecified atom stereocenters. The maximum Gasteiger partial charge on any atom is 0.0887 e. The molecule has 1 aromatic heterocycles. The molecule has 0 aliphatic rings. The average molecular weight is 734 g/mol. The van der Waals surface area contributed by atoms with Gasteiger partial charge >= 0.3 is 0 Å². The molecule has 5 aromatic carbocycles. The predicted molar refractivity (Wildman–Crippen MR) is 227 cm³/mol. The molecule has 0 saturated heterocycles. The topological polar surface area (TPSA) is 6.48 Å². The van der Waals surface area contributed by atoms with E-state index in [1.54, 1.807) is 11.3 Å². The van der Waals surface area contributed by atoms with Crippen LogP contribution in [0.4, 0.5) is 34.1 Å². The highest BCUT2D eigenvalue weighted by Gasteiger charge is 2.27. The first-order valence-electron chi connectivity index (χ1n) is 17.9. The minimum Gasteiger partial charge on any atom is -0.307 e. The Bertz CT molecular complexity index is 2160. The zero-order chi connectivity index (χ0) is 36.9. The quantitative estimate of drug-likeness (QED) is 0.161. The van der Waals surface area contributed by atoms with Crippen molar-refractivity contribution in [2.75, 3.05) is 9.80 Å². The minimum absolute atomic E-state index is 0.0137. The van der Waals surface area contributed by atoms with E-state index in [2.05, 4.69) is 188 Å². The van der Waals surface area contributed by atoms with Gasteiger partial charge in [-0.1, -0.05) is 135 Å². The molecule has 51 heavy (non-hydrogen) atoms. The number of nitrogens with zero attached hydrogens (tertiary/aromatic N) is 2. The van der Waals surface area contributed by atoms with E-state index in [4.69, 9.17) is 23.2 Å². The van der Waals surface area contributed by atoms with Gasteiger partial charge in [0.2, 0.25) is 0 Å². The van der Waals surface area contributed by atoms with Gasteiger partial charge in [-0.15, -0.1) is 11.3 Å². The second-order valence-corrected chi connectivity index (χ2v) is 18.3. The molecule has 0 amide bonds. The Morgan fingerprint density at radius 2 is 1.02 bits per heavy atom. The van der Waals surface area contributed by atoms with Gasteiger partial charge < -0.3 is 9.80 Å². The Balaban J connectivity index is 1.60. The van der Waals surface area contributed by atoms with Gasteiger partial charge in [0, 0.05) is 26.8 Å². The van der Waals surface area contributed by atoms with E-state index in [0.717, 1.165) is 40.5 Å². The van der Waals surface area contributed by atoms with Crippen LogP contribution in [-0.4, -0.2) is 0 Å². The van der Waals surface area contributed by atoms with Crippen LogP contribution < -0.4 is 9.80 Å². The fraction of sp³-hybridized carbons (Fsp3) is 0.304. The summed E-state index contributed by atoms with van der Waals surface area (Å²) < 4.78 is 1.24. The zero-order valence-corrected chi connectivity index (χ0v) is 34.0.